The van der Waals surface area contributed by atoms with Gasteiger partial charge in [-0.3, -0.25) is 4.79 Å². The van der Waals surface area contributed by atoms with Crippen LogP contribution in [0.3, 0.4) is 0 Å². The number of amides is 1. The maximum atomic E-state index is 12.5. The van der Waals surface area contributed by atoms with E-state index in [0.29, 0.717) is 5.75 Å². The fourth-order valence-corrected chi connectivity index (χ4v) is 3.09. The van der Waals surface area contributed by atoms with Crippen molar-refractivity contribution in [1.82, 2.24) is 0 Å². The van der Waals surface area contributed by atoms with Crippen LogP contribution in [-0.2, 0) is 15.6 Å². The summed E-state index contributed by atoms with van der Waals surface area (Å²) in [6.45, 7) is 14.7. The summed E-state index contributed by atoms with van der Waals surface area (Å²) >= 11 is 3.56. The van der Waals surface area contributed by atoms with E-state index >= 15 is 0 Å². The van der Waals surface area contributed by atoms with Crippen molar-refractivity contribution >= 4 is 27.5 Å². The molecule has 1 atom stereocenters. The van der Waals surface area contributed by atoms with Crippen LogP contribution >= 0.6 is 15.9 Å². The molecule has 3 nitrogen and oxygen atoms in total. The minimum absolute atomic E-state index is 0.0562. The van der Waals surface area contributed by atoms with Gasteiger partial charge >= 0.3 is 0 Å². The molecule has 0 aliphatic carbocycles. The van der Waals surface area contributed by atoms with Crippen LogP contribution in [0.5, 0.6) is 5.75 Å². The molecule has 0 fully saturated rings. The summed E-state index contributed by atoms with van der Waals surface area (Å²) in [5, 5.41) is 2.93. The lowest BCUT2D eigenvalue weighted by molar-refractivity contribution is -0.122. The monoisotopic (exact) mass is 431 g/mol. The minimum atomic E-state index is -0.598. The van der Waals surface area contributed by atoms with Gasteiger partial charge in [-0.2, -0.15) is 0 Å². The molecule has 2 aromatic rings. The summed E-state index contributed by atoms with van der Waals surface area (Å²) in [7, 11) is 0. The first-order valence-corrected chi connectivity index (χ1v) is 10.1. The van der Waals surface area contributed by atoms with E-state index in [1.165, 1.54) is 11.1 Å². The van der Waals surface area contributed by atoms with E-state index < -0.39 is 6.10 Å². The van der Waals surface area contributed by atoms with Crippen molar-refractivity contribution < 1.29 is 9.53 Å². The minimum Gasteiger partial charge on any atom is -0.481 e. The maximum Gasteiger partial charge on any atom is 0.265 e. The second-order valence-electron chi connectivity index (χ2n) is 8.97. The summed E-state index contributed by atoms with van der Waals surface area (Å²) in [5.74, 6) is 0.506. The Hall–Kier alpha value is -1.81. The average molecular weight is 432 g/mol. The van der Waals surface area contributed by atoms with Gasteiger partial charge in [-0.15, -0.1) is 0 Å². The number of carbonyl (C=O) groups excluding carboxylic acids is 1. The lowest BCUT2D eigenvalue weighted by atomic mass is 9.87. The highest BCUT2D eigenvalue weighted by Gasteiger charge is 2.19. The SMILES string of the molecule is CC(Oc1ccc(C(C)(C)C)cc1)C(=O)Nc1ccc(C(C)(C)C)cc1Br. The van der Waals surface area contributed by atoms with Gasteiger partial charge in [0.2, 0.25) is 0 Å². The number of halogens is 1. The normalized spacial score (nSPS) is 13.2. The molecule has 0 saturated carbocycles. The molecular weight excluding hydrogens is 402 g/mol. The fourth-order valence-electron chi connectivity index (χ4n) is 2.61. The van der Waals surface area contributed by atoms with E-state index in [9.17, 15) is 4.79 Å². The zero-order valence-corrected chi connectivity index (χ0v) is 18.9. The predicted molar refractivity (Wildman–Crippen MR) is 117 cm³/mol. The fraction of sp³-hybridized carbons (Fsp3) is 0.435. The number of nitrogens with one attached hydrogen (secondary N) is 1. The largest absolute Gasteiger partial charge is 0.481 e. The molecule has 1 unspecified atom stereocenters. The first-order chi connectivity index (χ1) is 12.4. The second kappa shape index (κ2) is 8.05. The zero-order valence-electron chi connectivity index (χ0n) is 17.3. The molecule has 146 valence electrons. The Morgan fingerprint density at radius 3 is 1.93 bits per heavy atom. The Balaban J connectivity index is 2.03. The first-order valence-electron chi connectivity index (χ1n) is 9.26. The number of hydrogen-bond donors (Lipinski definition) is 1. The zero-order chi connectivity index (χ0) is 20.4. The van der Waals surface area contributed by atoms with Crippen LogP contribution in [0.2, 0.25) is 0 Å². The quantitative estimate of drug-likeness (QED) is 0.603. The topological polar surface area (TPSA) is 38.3 Å². The van der Waals surface area contributed by atoms with Crippen LogP contribution in [0, 0.1) is 0 Å². The molecular formula is C23H30BrNO2. The standard InChI is InChI=1S/C23H30BrNO2/c1-15(27-18-11-8-16(9-12-18)22(2,3)4)21(26)25-20-13-10-17(14-19(20)24)23(5,6)7/h8-15H,1-7H3,(H,25,26). The molecule has 0 saturated heterocycles. The van der Waals surface area contributed by atoms with Crippen molar-refractivity contribution in [2.24, 2.45) is 0 Å². The number of anilines is 1. The smallest absolute Gasteiger partial charge is 0.265 e. The molecule has 0 bridgehead atoms. The summed E-state index contributed by atoms with van der Waals surface area (Å²) in [6.07, 6.45) is -0.598. The molecule has 0 radical (unpaired) electrons. The predicted octanol–water partition coefficient (Wildman–Crippen LogP) is 6.45. The van der Waals surface area contributed by atoms with Gasteiger partial charge in [0.15, 0.2) is 6.10 Å². The number of rotatable bonds is 4. The van der Waals surface area contributed by atoms with Gasteiger partial charge in [-0.1, -0.05) is 59.7 Å². The Morgan fingerprint density at radius 1 is 0.926 bits per heavy atom. The summed E-state index contributed by atoms with van der Waals surface area (Å²) in [4.78, 5) is 12.5. The Kier molecular flexibility index (Phi) is 6.41. The number of carbonyl (C=O) groups is 1. The Morgan fingerprint density at radius 2 is 1.44 bits per heavy atom. The first kappa shape index (κ1) is 21.5. The summed E-state index contributed by atoms with van der Waals surface area (Å²) in [6, 6.07) is 13.9. The highest BCUT2D eigenvalue weighted by atomic mass is 79.9. The van der Waals surface area contributed by atoms with Crippen LogP contribution in [-0.4, -0.2) is 12.0 Å². The number of hydrogen-bond acceptors (Lipinski definition) is 2. The lowest BCUT2D eigenvalue weighted by Gasteiger charge is -2.21. The molecule has 2 aromatic carbocycles. The third kappa shape index (κ3) is 5.83. The molecule has 2 rings (SSSR count). The van der Waals surface area contributed by atoms with Crippen LogP contribution in [0.15, 0.2) is 46.9 Å². The van der Waals surface area contributed by atoms with Crippen molar-refractivity contribution in [2.75, 3.05) is 5.32 Å². The van der Waals surface area contributed by atoms with E-state index in [1.54, 1.807) is 6.92 Å². The van der Waals surface area contributed by atoms with E-state index in [2.05, 4.69) is 62.8 Å². The Labute approximate surface area is 171 Å². The number of benzene rings is 2. The molecule has 27 heavy (non-hydrogen) atoms. The van der Waals surface area contributed by atoms with Gasteiger partial charge in [0.05, 0.1) is 5.69 Å². The van der Waals surface area contributed by atoms with Crippen molar-refractivity contribution in [3.05, 3.63) is 58.1 Å². The van der Waals surface area contributed by atoms with E-state index in [-0.39, 0.29) is 16.7 Å². The van der Waals surface area contributed by atoms with Crippen molar-refractivity contribution in [3.63, 3.8) is 0 Å². The molecule has 1 N–H and O–H groups in total. The Bertz CT molecular complexity index is 799. The van der Waals surface area contributed by atoms with Crippen LogP contribution in [0.4, 0.5) is 5.69 Å². The lowest BCUT2D eigenvalue weighted by Crippen LogP contribution is -2.30. The highest BCUT2D eigenvalue weighted by Crippen LogP contribution is 2.30. The van der Waals surface area contributed by atoms with Gasteiger partial charge in [0, 0.05) is 4.47 Å². The van der Waals surface area contributed by atoms with Crippen molar-refractivity contribution in [2.45, 2.75) is 65.4 Å². The number of ether oxygens (including phenoxy) is 1. The summed E-state index contributed by atoms with van der Waals surface area (Å²) < 4.78 is 6.67. The van der Waals surface area contributed by atoms with Gasteiger partial charge in [-0.25, -0.2) is 0 Å². The molecule has 0 spiro atoms. The summed E-state index contributed by atoms with van der Waals surface area (Å²) in [5.41, 5.74) is 3.32. The van der Waals surface area contributed by atoms with Crippen molar-refractivity contribution in [1.29, 1.82) is 0 Å². The third-order valence-electron chi connectivity index (χ3n) is 4.50. The van der Waals surface area contributed by atoms with E-state index in [4.69, 9.17) is 4.74 Å². The average Bonchev–Trinajstić information content (AvgIpc) is 2.55. The van der Waals surface area contributed by atoms with E-state index in [0.717, 1.165) is 10.2 Å². The molecule has 0 heterocycles. The maximum absolute atomic E-state index is 12.5. The molecule has 0 aliphatic rings. The third-order valence-corrected chi connectivity index (χ3v) is 5.15. The highest BCUT2D eigenvalue weighted by molar-refractivity contribution is 9.10. The molecule has 0 aromatic heterocycles. The van der Waals surface area contributed by atoms with Crippen molar-refractivity contribution in [3.8, 4) is 5.75 Å². The van der Waals surface area contributed by atoms with Crippen LogP contribution < -0.4 is 10.1 Å². The molecule has 0 aliphatic heterocycles. The second-order valence-corrected chi connectivity index (χ2v) is 9.82. The van der Waals surface area contributed by atoms with Gasteiger partial charge < -0.3 is 10.1 Å². The van der Waals surface area contributed by atoms with Gasteiger partial charge in [-0.05, 0) is 69.1 Å². The van der Waals surface area contributed by atoms with E-state index in [1.807, 2.05) is 42.5 Å². The van der Waals surface area contributed by atoms with Crippen LogP contribution in [0.1, 0.15) is 59.6 Å². The van der Waals surface area contributed by atoms with Crippen LogP contribution in [0.25, 0.3) is 0 Å². The molecule has 1 amide bonds. The van der Waals surface area contributed by atoms with Gasteiger partial charge in [0.25, 0.3) is 5.91 Å². The van der Waals surface area contributed by atoms with Gasteiger partial charge in [0.1, 0.15) is 5.75 Å². The molecule has 4 heteroatoms.